The van der Waals surface area contributed by atoms with E-state index in [0.29, 0.717) is 6.10 Å². The zero-order valence-electron chi connectivity index (χ0n) is 13.9. The molecule has 22 heavy (non-hydrogen) atoms. The first-order valence-electron chi connectivity index (χ1n) is 8.20. The molecule has 1 aromatic carbocycles. The molecule has 0 radical (unpaired) electrons. The number of hydrogen-bond acceptors (Lipinski definition) is 3. The summed E-state index contributed by atoms with van der Waals surface area (Å²) in [4.78, 5) is 2.34. The molecular weight excluding hydrogens is 274 g/mol. The van der Waals surface area contributed by atoms with Crippen molar-refractivity contribution in [3.05, 3.63) is 48.2 Å². The summed E-state index contributed by atoms with van der Waals surface area (Å²) in [5.41, 5.74) is 1.28. The third-order valence-corrected chi connectivity index (χ3v) is 3.91. The minimum Gasteiger partial charge on any atom is -0.381 e. The van der Waals surface area contributed by atoms with Crippen LogP contribution in [0.1, 0.15) is 32.3 Å². The van der Waals surface area contributed by atoms with Gasteiger partial charge in [0.15, 0.2) is 5.82 Å². The van der Waals surface area contributed by atoms with Gasteiger partial charge in [-0.2, -0.15) is 5.10 Å². The van der Waals surface area contributed by atoms with Crippen molar-refractivity contribution >= 4 is 5.82 Å². The van der Waals surface area contributed by atoms with Gasteiger partial charge in [0.2, 0.25) is 0 Å². The molecule has 0 amide bonds. The summed E-state index contributed by atoms with van der Waals surface area (Å²) in [6.07, 6.45) is 4.65. The number of rotatable bonds is 4. The Hall–Kier alpha value is -1.81. The molecule has 0 spiro atoms. The highest BCUT2D eigenvalue weighted by Crippen LogP contribution is 2.19. The molecule has 0 aliphatic carbocycles. The number of aromatic nitrogens is 2. The molecule has 0 atom stereocenters. The second kappa shape index (κ2) is 8.59. The number of nitrogens with zero attached hydrogens (tertiary/aromatic N) is 3. The number of piperidine rings is 1. The zero-order chi connectivity index (χ0) is 15.8. The van der Waals surface area contributed by atoms with Gasteiger partial charge in [-0.05, 0) is 18.4 Å². The van der Waals surface area contributed by atoms with Crippen molar-refractivity contribution < 1.29 is 4.74 Å². The normalized spacial score (nSPS) is 15.3. The van der Waals surface area contributed by atoms with Crippen LogP contribution in [0.3, 0.4) is 0 Å². The van der Waals surface area contributed by atoms with E-state index in [1.807, 2.05) is 24.6 Å². The number of benzene rings is 1. The Balaban J connectivity index is 0.000000847. The fourth-order valence-electron chi connectivity index (χ4n) is 2.70. The fraction of sp³-hybridized carbons (Fsp3) is 0.500. The first-order valence-corrected chi connectivity index (χ1v) is 8.20. The molecule has 1 saturated heterocycles. The van der Waals surface area contributed by atoms with Crippen LogP contribution in [0, 0.1) is 0 Å². The standard InChI is InChI=1S/C16H21N3O.C2H6/c1-20-15-7-10-18(11-8-15)16-9-12-19(17-16)13-14-5-3-2-4-6-14;1-2/h2-6,9,12,15H,7-8,10-11,13H2,1H3;1-2H3. The number of anilines is 1. The van der Waals surface area contributed by atoms with Crippen LogP contribution in [0.15, 0.2) is 42.6 Å². The Morgan fingerprint density at radius 1 is 1.09 bits per heavy atom. The highest BCUT2D eigenvalue weighted by atomic mass is 16.5. The van der Waals surface area contributed by atoms with Crippen molar-refractivity contribution in [3.63, 3.8) is 0 Å². The predicted octanol–water partition coefficient (Wildman–Crippen LogP) is 3.57. The zero-order valence-corrected chi connectivity index (χ0v) is 13.9. The van der Waals surface area contributed by atoms with Gasteiger partial charge in [0, 0.05) is 32.5 Å². The molecule has 1 fully saturated rings. The van der Waals surface area contributed by atoms with E-state index in [9.17, 15) is 0 Å². The van der Waals surface area contributed by atoms with E-state index in [4.69, 9.17) is 4.74 Å². The quantitative estimate of drug-likeness (QED) is 0.865. The summed E-state index contributed by atoms with van der Waals surface area (Å²) < 4.78 is 7.41. The van der Waals surface area contributed by atoms with Crippen LogP contribution in [-0.4, -0.2) is 36.1 Å². The molecule has 4 heteroatoms. The maximum absolute atomic E-state index is 5.41. The van der Waals surface area contributed by atoms with Gasteiger partial charge in [0.05, 0.1) is 12.6 Å². The first kappa shape index (κ1) is 16.6. The van der Waals surface area contributed by atoms with E-state index < -0.39 is 0 Å². The maximum atomic E-state index is 5.41. The lowest BCUT2D eigenvalue weighted by Crippen LogP contribution is -2.36. The SMILES string of the molecule is CC.COC1CCN(c2ccn(Cc3ccccc3)n2)CC1. The molecular formula is C18H27N3O. The molecule has 120 valence electrons. The summed E-state index contributed by atoms with van der Waals surface area (Å²) in [6.45, 7) is 6.89. The van der Waals surface area contributed by atoms with Crippen molar-refractivity contribution in [2.45, 2.75) is 39.3 Å². The molecule has 4 nitrogen and oxygen atoms in total. The van der Waals surface area contributed by atoms with Crippen LogP contribution in [0.5, 0.6) is 0 Å². The lowest BCUT2D eigenvalue weighted by Gasteiger charge is -2.31. The number of methoxy groups -OCH3 is 1. The molecule has 1 aromatic heterocycles. The van der Waals surface area contributed by atoms with E-state index in [-0.39, 0.29) is 0 Å². The molecule has 0 unspecified atom stereocenters. The number of hydrogen-bond donors (Lipinski definition) is 0. The first-order chi connectivity index (χ1) is 10.8. The van der Waals surface area contributed by atoms with Crippen molar-refractivity contribution in [1.29, 1.82) is 0 Å². The lowest BCUT2D eigenvalue weighted by atomic mass is 10.1. The topological polar surface area (TPSA) is 30.3 Å². The fourth-order valence-corrected chi connectivity index (χ4v) is 2.70. The van der Waals surface area contributed by atoms with Crippen LogP contribution in [0.4, 0.5) is 5.82 Å². The van der Waals surface area contributed by atoms with Gasteiger partial charge in [-0.3, -0.25) is 4.68 Å². The Morgan fingerprint density at radius 3 is 2.41 bits per heavy atom. The van der Waals surface area contributed by atoms with E-state index in [0.717, 1.165) is 38.3 Å². The Labute approximate surface area is 133 Å². The maximum Gasteiger partial charge on any atom is 0.150 e. The average molecular weight is 301 g/mol. The van der Waals surface area contributed by atoms with Gasteiger partial charge in [0.25, 0.3) is 0 Å². The molecule has 0 saturated carbocycles. The minimum absolute atomic E-state index is 0.414. The van der Waals surface area contributed by atoms with Crippen molar-refractivity contribution in [2.75, 3.05) is 25.1 Å². The van der Waals surface area contributed by atoms with Gasteiger partial charge < -0.3 is 9.64 Å². The highest BCUT2D eigenvalue weighted by molar-refractivity contribution is 5.37. The average Bonchev–Trinajstić information content (AvgIpc) is 3.06. The smallest absolute Gasteiger partial charge is 0.150 e. The summed E-state index contributed by atoms with van der Waals surface area (Å²) in [5.74, 6) is 1.08. The molecule has 1 aliphatic heterocycles. The Kier molecular flexibility index (Phi) is 6.46. The van der Waals surface area contributed by atoms with Crippen LogP contribution < -0.4 is 4.90 Å². The summed E-state index contributed by atoms with van der Waals surface area (Å²) in [5, 5.41) is 4.68. The third-order valence-electron chi connectivity index (χ3n) is 3.91. The van der Waals surface area contributed by atoms with Crippen LogP contribution in [-0.2, 0) is 11.3 Å². The second-order valence-electron chi connectivity index (χ2n) is 5.28. The highest BCUT2D eigenvalue weighted by Gasteiger charge is 2.20. The molecule has 2 aromatic rings. The van der Waals surface area contributed by atoms with Gasteiger partial charge >= 0.3 is 0 Å². The van der Waals surface area contributed by atoms with Crippen LogP contribution in [0.25, 0.3) is 0 Å². The minimum atomic E-state index is 0.414. The second-order valence-corrected chi connectivity index (χ2v) is 5.28. The molecule has 0 bridgehead atoms. The van der Waals surface area contributed by atoms with Gasteiger partial charge in [-0.25, -0.2) is 0 Å². The van der Waals surface area contributed by atoms with Gasteiger partial charge in [-0.15, -0.1) is 0 Å². The van der Waals surface area contributed by atoms with E-state index >= 15 is 0 Å². The van der Waals surface area contributed by atoms with Gasteiger partial charge in [0.1, 0.15) is 0 Å². The van der Waals surface area contributed by atoms with E-state index in [1.165, 1.54) is 5.56 Å². The van der Waals surface area contributed by atoms with Crippen molar-refractivity contribution in [3.8, 4) is 0 Å². The molecule has 2 heterocycles. The summed E-state index contributed by atoms with van der Waals surface area (Å²) in [6, 6.07) is 12.5. The number of ether oxygens (including phenoxy) is 1. The van der Waals surface area contributed by atoms with Gasteiger partial charge in [-0.1, -0.05) is 44.2 Å². The third kappa shape index (κ3) is 4.34. The largest absolute Gasteiger partial charge is 0.381 e. The van der Waals surface area contributed by atoms with E-state index in [1.54, 1.807) is 7.11 Å². The summed E-state index contributed by atoms with van der Waals surface area (Å²) >= 11 is 0. The van der Waals surface area contributed by atoms with Crippen LogP contribution >= 0.6 is 0 Å². The Bertz CT molecular complexity index is 530. The van der Waals surface area contributed by atoms with Crippen molar-refractivity contribution in [2.24, 2.45) is 0 Å². The van der Waals surface area contributed by atoms with E-state index in [2.05, 4.69) is 46.5 Å². The van der Waals surface area contributed by atoms with Crippen molar-refractivity contribution in [1.82, 2.24) is 9.78 Å². The van der Waals surface area contributed by atoms with Crippen LogP contribution in [0.2, 0.25) is 0 Å². The molecule has 3 rings (SSSR count). The molecule has 1 aliphatic rings. The predicted molar refractivity (Wildman–Crippen MR) is 91.4 cm³/mol. The Morgan fingerprint density at radius 2 is 1.77 bits per heavy atom. The lowest BCUT2D eigenvalue weighted by molar-refractivity contribution is 0.0818. The molecule has 0 N–H and O–H groups in total. The monoisotopic (exact) mass is 301 g/mol. The summed E-state index contributed by atoms with van der Waals surface area (Å²) in [7, 11) is 1.80.